The van der Waals surface area contributed by atoms with Gasteiger partial charge in [-0.2, -0.15) is 0 Å². The van der Waals surface area contributed by atoms with Gasteiger partial charge in [0.15, 0.2) is 0 Å². The molecular weight excluding hydrogens is 222 g/mol. The molecule has 0 radical (unpaired) electrons. The van der Waals surface area contributed by atoms with Gasteiger partial charge in [0.2, 0.25) is 0 Å². The fraction of sp³-hybridized carbons (Fsp3) is 0.375. The number of hydrogen-bond donors (Lipinski definition) is 1. The van der Waals surface area contributed by atoms with Crippen LogP contribution in [-0.4, -0.2) is 0 Å². The minimum Gasteiger partial charge on any atom is -0.468 e. The Bertz CT molecular complexity index is 500. The minimum absolute atomic E-state index is 0.257. The van der Waals surface area contributed by atoms with E-state index < -0.39 is 0 Å². The van der Waals surface area contributed by atoms with Gasteiger partial charge in [0.05, 0.1) is 12.3 Å². The maximum absolute atomic E-state index is 5.41. The fourth-order valence-corrected chi connectivity index (χ4v) is 2.39. The number of benzene rings is 1. The van der Waals surface area contributed by atoms with Gasteiger partial charge in [-0.3, -0.25) is 0 Å². The maximum atomic E-state index is 5.41. The SMILES string of the molecule is CC(NCc1ccccc1C1CC1)c1ccco1. The van der Waals surface area contributed by atoms with Gasteiger partial charge in [0.1, 0.15) is 5.76 Å². The van der Waals surface area contributed by atoms with Crippen LogP contribution in [0.1, 0.15) is 48.6 Å². The van der Waals surface area contributed by atoms with Crippen LogP contribution in [0.25, 0.3) is 0 Å². The summed E-state index contributed by atoms with van der Waals surface area (Å²) in [5.41, 5.74) is 2.95. The molecule has 2 nitrogen and oxygen atoms in total. The second-order valence-corrected chi connectivity index (χ2v) is 5.09. The zero-order valence-corrected chi connectivity index (χ0v) is 10.7. The van der Waals surface area contributed by atoms with E-state index in [2.05, 4.69) is 36.5 Å². The summed E-state index contributed by atoms with van der Waals surface area (Å²) in [6, 6.07) is 13.0. The molecule has 2 heteroatoms. The lowest BCUT2D eigenvalue weighted by molar-refractivity contribution is 0.430. The van der Waals surface area contributed by atoms with E-state index in [1.54, 1.807) is 6.26 Å². The van der Waals surface area contributed by atoms with Gasteiger partial charge < -0.3 is 9.73 Å². The van der Waals surface area contributed by atoms with Gasteiger partial charge in [-0.15, -0.1) is 0 Å². The summed E-state index contributed by atoms with van der Waals surface area (Å²) in [7, 11) is 0. The number of rotatable bonds is 5. The average Bonchev–Trinajstić information content (AvgIpc) is 3.10. The van der Waals surface area contributed by atoms with Crippen LogP contribution in [0.15, 0.2) is 47.1 Å². The van der Waals surface area contributed by atoms with E-state index >= 15 is 0 Å². The molecule has 1 aliphatic rings. The monoisotopic (exact) mass is 241 g/mol. The molecule has 1 atom stereocenters. The first-order valence-corrected chi connectivity index (χ1v) is 6.69. The summed E-state index contributed by atoms with van der Waals surface area (Å²) in [5, 5.41) is 3.53. The Hall–Kier alpha value is -1.54. The quantitative estimate of drug-likeness (QED) is 0.855. The van der Waals surface area contributed by atoms with Gasteiger partial charge in [-0.05, 0) is 48.9 Å². The van der Waals surface area contributed by atoms with E-state index in [1.807, 2.05) is 12.1 Å². The van der Waals surface area contributed by atoms with Crippen molar-refractivity contribution in [2.24, 2.45) is 0 Å². The van der Waals surface area contributed by atoms with Crippen LogP contribution in [0.3, 0.4) is 0 Å². The predicted octanol–water partition coefficient (Wildman–Crippen LogP) is 4.01. The average molecular weight is 241 g/mol. The molecule has 1 aromatic carbocycles. The molecule has 1 fully saturated rings. The second-order valence-electron chi connectivity index (χ2n) is 5.09. The normalized spacial score (nSPS) is 16.7. The van der Waals surface area contributed by atoms with E-state index in [0.29, 0.717) is 0 Å². The van der Waals surface area contributed by atoms with Crippen LogP contribution in [0.5, 0.6) is 0 Å². The van der Waals surface area contributed by atoms with Gasteiger partial charge in [-0.25, -0.2) is 0 Å². The van der Waals surface area contributed by atoms with Crippen molar-refractivity contribution in [3.63, 3.8) is 0 Å². The molecule has 0 saturated heterocycles. The summed E-state index contributed by atoms with van der Waals surface area (Å²) in [6.45, 7) is 3.05. The molecule has 1 aromatic heterocycles. The predicted molar refractivity (Wildman–Crippen MR) is 72.4 cm³/mol. The molecule has 2 aromatic rings. The van der Waals surface area contributed by atoms with Crippen LogP contribution in [0.4, 0.5) is 0 Å². The molecule has 0 aliphatic heterocycles. The smallest absolute Gasteiger partial charge is 0.120 e. The summed E-state index contributed by atoms with van der Waals surface area (Å²) >= 11 is 0. The van der Waals surface area contributed by atoms with Gasteiger partial charge in [0.25, 0.3) is 0 Å². The van der Waals surface area contributed by atoms with E-state index in [9.17, 15) is 0 Å². The molecular formula is C16H19NO. The van der Waals surface area contributed by atoms with Crippen molar-refractivity contribution in [1.82, 2.24) is 5.32 Å². The Morgan fingerprint density at radius 2 is 2.06 bits per heavy atom. The Morgan fingerprint density at radius 1 is 1.22 bits per heavy atom. The van der Waals surface area contributed by atoms with Crippen LogP contribution in [-0.2, 0) is 6.54 Å². The highest BCUT2D eigenvalue weighted by Crippen LogP contribution is 2.41. The Balaban J connectivity index is 1.66. The molecule has 0 amide bonds. The number of furan rings is 1. The molecule has 0 spiro atoms. The summed E-state index contributed by atoms with van der Waals surface area (Å²) in [6.07, 6.45) is 4.43. The maximum Gasteiger partial charge on any atom is 0.120 e. The second kappa shape index (κ2) is 4.99. The van der Waals surface area contributed by atoms with Crippen LogP contribution in [0, 0.1) is 0 Å². The van der Waals surface area contributed by atoms with E-state index in [4.69, 9.17) is 4.42 Å². The molecule has 1 heterocycles. The van der Waals surface area contributed by atoms with Crippen LogP contribution < -0.4 is 5.32 Å². The van der Waals surface area contributed by atoms with Crippen molar-refractivity contribution in [1.29, 1.82) is 0 Å². The van der Waals surface area contributed by atoms with Crippen molar-refractivity contribution in [3.05, 3.63) is 59.5 Å². The number of hydrogen-bond acceptors (Lipinski definition) is 2. The Kier molecular flexibility index (Phi) is 3.20. The molecule has 18 heavy (non-hydrogen) atoms. The number of nitrogens with one attached hydrogen (secondary N) is 1. The fourth-order valence-electron chi connectivity index (χ4n) is 2.39. The molecule has 3 rings (SSSR count). The zero-order chi connectivity index (χ0) is 12.4. The summed E-state index contributed by atoms with van der Waals surface area (Å²) in [4.78, 5) is 0. The van der Waals surface area contributed by atoms with E-state index in [0.717, 1.165) is 18.2 Å². The Morgan fingerprint density at radius 3 is 2.78 bits per heavy atom. The molecule has 1 unspecified atom stereocenters. The molecule has 1 saturated carbocycles. The van der Waals surface area contributed by atoms with Crippen molar-refractivity contribution in [2.45, 2.75) is 38.3 Å². The largest absolute Gasteiger partial charge is 0.468 e. The van der Waals surface area contributed by atoms with Crippen molar-refractivity contribution in [2.75, 3.05) is 0 Å². The summed E-state index contributed by atoms with van der Waals surface area (Å²) in [5.74, 6) is 1.81. The van der Waals surface area contributed by atoms with E-state index in [-0.39, 0.29) is 6.04 Å². The highest BCUT2D eigenvalue weighted by molar-refractivity contribution is 5.33. The van der Waals surface area contributed by atoms with E-state index in [1.165, 1.54) is 24.0 Å². The highest BCUT2D eigenvalue weighted by atomic mass is 16.3. The van der Waals surface area contributed by atoms with Crippen LogP contribution >= 0.6 is 0 Å². The third-order valence-corrected chi connectivity index (χ3v) is 3.64. The Labute approximate surface area is 108 Å². The zero-order valence-electron chi connectivity index (χ0n) is 10.7. The van der Waals surface area contributed by atoms with Crippen molar-refractivity contribution >= 4 is 0 Å². The van der Waals surface area contributed by atoms with Gasteiger partial charge in [0, 0.05) is 6.54 Å². The first-order chi connectivity index (χ1) is 8.84. The van der Waals surface area contributed by atoms with Gasteiger partial charge >= 0.3 is 0 Å². The van der Waals surface area contributed by atoms with Gasteiger partial charge in [-0.1, -0.05) is 24.3 Å². The third kappa shape index (κ3) is 2.49. The minimum atomic E-state index is 0.257. The van der Waals surface area contributed by atoms with Crippen molar-refractivity contribution in [3.8, 4) is 0 Å². The lowest BCUT2D eigenvalue weighted by Gasteiger charge is -2.14. The molecule has 1 N–H and O–H groups in total. The first-order valence-electron chi connectivity index (χ1n) is 6.69. The first kappa shape index (κ1) is 11.5. The standard InChI is InChI=1S/C16H19NO/c1-12(16-7-4-10-18-16)17-11-14-5-2-3-6-15(14)13-8-9-13/h2-7,10,12-13,17H,8-9,11H2,1H3. The molecule has 94 valence electrons. The summed E-state index contributed by atoms with van der Waals surface area (Å²) < 4.78 is 5.41. The third-order valence-electron chi connectivity index (χ3n) is 3.64. The highest BCUT2D eigenvalue weighted by Gasteiger charge is 2.25. The lowest BCUT2D eigenvalue weighted by Crippen LogP contribution is -2.18. The van der Waals surface area contributed by atoms with Crippen LogP contribution in [0.2, 0.25) is 0 Å². The molecule has 1 aliphatic carbocycles. The topological polar surface area (TPSA) is 25.2 Å². The lowest BCUT2D eigenvalue weighted by atomic mass is 10.0. The molecule has 0 bridgehead atoms. The van der Waals surface area contributed by atoms with Crippen molar-refractivity contribution < 1.29 is 4.42 Å².